The first kappa shape index (κ1) is 16.1. The topological polar surface area (TPSA) is 63.1 Å². The number of piperazine rings is 1. The maximum atomic E-state index is 12.9. The highest BCUT2D eigenvalue weighted by molar-refractivity contribution is 9.10. The van der Waals surface area contributed by atoms with Gasteiger partial charge in [0, 0.05) is 29.6 Å². The van der Waals surface area contributed by atoms with Gasteiger partial charge in [-0.3, -0.25) is 4.79 Å². The second kappa shape index (κ2) is 6.41. The molecule has 1 amide bonds. The lowest BCUT2D eigenvalue weighted by Gasteiger charge is -2.38. The van der Waals surface area contributed by atoms with Gasteiger partial charge in [-0.2, -0.15) is 0 Å². The number of carbonyl (C=O) groups is 1. The lowest BCUT2D eigenvalue weighted by atomic mass is 10.1. The fourth-order valence-electron chi connectivity index (χ4n) is 2.86. The number of rotatable bonds is 2. The SMILES string of the molecule is Cc1c(C(=O)N2CCNC(C)C2C)nnn1-c1cccc(Br)c1. The van der Waals surface area contributed by atoms with Crippen LogP contribution in [-0.4, -0.2) is 51.0 Å². The Bertz CT molecular complexity index is 729. The van der Waals surface area contributed by atoms with Crippen LogP contribution in [0, 0.1) is 6.92 Å². The number of amides is 1. The van der Waals surface area contributed by atoms with Crippen molar-refractivity contribution in [2.45, 2.75) is 32.9 Å². The normalized spacial score (nSPS) is 21.5. The van der Waals surface area contributed by atoms with Crippen LogP contribution < -0.4 is 5.32 Å². The monoisotopic (exact) mass is 377 g/mol. The lowest BCUT2D eigenvalue weighted by molar-refractivity contribution is 0.0596. The Balaban J connectivity index is 1.91. The Morgan fingerprint density at radius 1 is 1.39 bits per heavy atom. The Morgan fingerprint density at radius 2 is 2.17 bits per heavy atom. The van der Waals surface area contributed by atoms with Gasteiger partial charge in [-0.1, -0.05) is 27.2 Å². The Kier molecular flexibility index (Phi) is 4.50. The number of halogens is 1. The van der Waals surface area contributed by atoms with E-state index in [1.807, 2.05) is 36.1 Å². The zero-order valence-corrected chi connectivity index (χ0v) is 15.0. The van der Waals surface area contributed by atoms with Crippen molar-refractivity contribution in [3.8, 4) is 5.69 Å². The van der Waals surface area contributed by atoms with Gasteiger partial charge in [-0.25, -0.2) is 4.68 Å². The quantitative estimate of drug-likeness (QED) is 0.870. The van der Waals surface area contributed by atoms with Gasteiger partial charge >= 0.3 is 0 Å². The summed E-state index contributed by atoms with van der Waals surface area (Å²) < 4.78 is 2.66. The van der Waals surface area contributed by atoms with Gasteiger partial charge in [-0.05, 0) is 39.0 Å². The minimum atomic E-state index is -0.0513. The first-order valence-electron chi connectivity index (χ1n) is 7.71. The molecule has 2 atom stereocenters. The second-order valence-corrected chi connectivity index (χ2v) is 6.81. The number of aromatic nitrogens is 3. The smallest absolute Gasteiger partial charge is 0.276 e. The van der Waals surface area contributed by atoms with E-state index >= 15 is 0 Å². The van der Waals surface area contributed by atoms with E-state index in [1.165, 1.54) is 0 Å². The highest BCUT2D eigenvalue weighted by atomic mass is 79.9. The van der Waals surface area contributed by atoms with Gasteiger partial charge in [0.15, 0.2) is 5.69 Å². The van der Waals surface area contributed by atoms with Crippen molar-refractivity contribution in [1.82, 2.24) is 25.2 Å². The molecule has 23 heavy (non-hydrogen) atoms. The molecule has 0 radical (unpaired) electrons. The van der Waals surface area contributed by atoms with Crippen LogP contribution in [0.25, 0.3) is 5.69 Å². The molecule has 2 aromatic rings. The first-order chi connectivity index (χ1) is 11.0. The molecule has 1 aromatic carbocycles. The van der Waals surface area contributed by atoms with Gasteiger partial charge in [0.2, 0.25) is 0 Å². The molecule has 1 fully saturated rings. The lowest BCUT2D eigenvalue weighted by Crippen LogP contribution is -2.57. The van der Waals surface area contributed by atoms with E-state index in [2.05, 4.69) is 45.4 Å². The maximum Gasteiger partial charge on any atom is 0.276 e. The Morgan fingerprint density at radius 3 is 2.91 bits per heavy atom. The average Bonchev–Trinajstić information content (AvgIpc) is 2.91. The van der Waals surface area contributed by atoms with E-state index in [4.69, 9.17) is 0 Å². The summed E-state index contributed by atoms with van der Waals surface area (Å²) >= 11 is 3.45. The molecule has 122 valence electrons. The van der Waals surface area contributed by atoms with E-state index in [1.54, 1.807) is 4.68 Å². The molecule has 6 nitrogen and oxygen atoms in total. The van der Waals surface area contributed by atoms with E-state index in [0.29, 0.717) is 12.2 Å². The molecule has 1 aliphatic heterocycles. The Labute approximate surface area is 144 Å². The van der Waals surface area contributed by atoms with Crippen molar-refractivity contribution in [3.63, 3.8) is 0 Å². The van der Waals surface area contributed by atoms with Crippen LogP contribution in [0.5, 0.6) is 0 Å². The molecule has 7 heteroatoms. The van der Waals surface area contributed by atoms with Crippen molar-refractivity contribution < 1.29 is 4.79 Å². The average molecular weight is 378 g/mol. The third-order valence-electron chi connectivity index (χ3n) is 4.45. The highest BCUT2D eigenvalue weighted by Gasteiger charge is 2.31. The third-order valence-corrected chi connectivity index (χ3v) is 4.94. The van der Waals surface area contributed by atoms with Crippen LogP contribution in [0.4, 0.5) is 0 Å². The molecule has 2 unspecified atom stereocenters. The van der Waals surface area contributed by atoms with Crippen LogP contribution in [-0.2, 0) is 0 Å². The van der Waals surface area contributed by atoms with Crippen molar-refractivity contribution >= 4 is 21.8 Å². The molecule has 1 aromatic heterocycles. The Hall–Kier alpha value is -1.73. The molecule has 1 saturated heterocycles. The fourth-order valence-corrected chi connectivity index (χ4v) is 3.25. The van der Waals surface area contributed by atoms with Gasteiger partial charge in [0.1, 0.15) is 0 Å². The number of nitrogens with one attached hydrogen (secondary N) is 1. The maximum absolute atomic E-state index is 12.9. The van der Waals surface area contributed by atoms with Crippen molar-refractivity contribution in [3.05, 3.63) is 40.1 Å². The summed E-state index contributed by atoms with van der Waals surface area (Å²) in [6.45, 7) is 7.52. The molecule has 2 heterocycles. The minimum absolute atomic E-state index is 0.0513. The number of nitrogens with zero attached hydrogens (tertiary/aromatic N) is 4. The molecule has 0 spiro atoms. The molecule has 0 saturated carbocycles. The first-order valence-corrected chi connectivity index (χ1v) is 8.51. The van der Waals surface area contributed by atoms with Gasteiger partial charge < -0.3 is 10.2 Å². The number of carbonyl (C=O) groups excluding carboxylic acids is 1. The molecule has 1 N–H and O–H groups in total. The molecule has 1 aliphatic rings. The fraction of sp³-hybridized carbons (Fsp3) is 0.438. The summed E-state index contributed by atoms with van der Waals surface area (Å²) in [6.07, 6.45) is 0. The predicted octanol–water partition coefficient (Wildman–Crippen LogP) is 2.16. The van der Waals surface area contributed by atoms with E-state index < -0.39 is 0 Å². The van der Waals surface area contributed by atoms with Crippen molar-refractivity contribution in [2.24, 2.45) is 0 Å². The summed E-state index contributed by atoms with van der Waals surface area (Å²) in [5, 5.41) is 11.7. The summed E-state index contributed by atoms with van der Waals surface area (Å²) in [4.78, 5) is 14.7. The summed E-state index contributed by atoms with van der Waals surface area (Å²) in [6, 6.07) is 8.18. The number of hydrogen-bond acceptors (Lipinski definition) is 4. The van der Waals surface area contributed by atoms with Crippen molar-refractivity contribution in [2.75, 3.05) is 13.1 Å². The molecule has 3 rings (SSSR count). The van der Waals surface area contributed by atoms with Crippen LogP contribution in [0.15, 0.2) is 28.7 Å². The summed E-state index contributed by atoms with van der Waals surface area (Å²) in [7, 11) is 0. The summed E-state index contributed by atoms with van der Waals surface area (Å²) in [5.74, 6) is -0.0513. The zero-order chi connectivity index (χ0) is 16.6. The largest absolute Gasteiger partial charge is 0.332 e. The van der Waals surface area contributed by atoms with E-state index in [0.717, 1.165) is 22.4 Å². The molecule has 0 bridgehead atoms. The molecular weight excluding hydrogens is 358 g/mol. The van der Waals surface area contributed by atoms with Crippen LogP contribution in [0.2, 0.25) is 0 Å². The van der Waals surface area contributed by atoms with E-state index in [9.17, 15) is 4.79 Å². The van der Waals surface area contributed by atoms with Crippen LogP contribution in [0.3, 0.4) is 0 Å². The third kappa shape index (κ3) is 3.03. The van der Waals surface area contributed by atoms with Crippen molar-refractivity contribution in [1.29, 1.82) is 0 Å². The van der Waals surface area contributed by atoms with Crippen LogP contribution in [0.1, 0.15) is 30.0 Å². The van der Waals surface area contributed by atoms with E-state index in [-0.39, 0.29) is 18.0 Å². The van der Waals surface area contributed by atoms with Gasteiger partial charge in [0.25, 0.3) is 5.91 Å². The highest BCUT2D eigenvalue weighted by Crippen LogP contribution is 2.19. The second-order valence-electron chi connectivity index (χ2n) is 5.90. The van der Waals surface area contributed by atoms with Gasteiger partial charge in [-0.15, -0.1) is 5.10 Å². The summed E-state index contributed by atoms with van der Waals surface area (Å²) in [5.41, 5.74) is 2.06. The molecule has 0 aliphatic carbocycles. The predicted molar refractivity (Wildman–Crippen MR) is 91.8 cm³/mol. The number of hydrogen-bond donors (Lipinski definition) is 1. The number of benzene rings is 1. The van der Waals surface area contributed by atoms with Gasteiger partial charge in [0.05, 0.1) is 11.4 Å². The molecular formula is C16H20BrN5O. The zero-order valence-electron chi connectivity index (χ0n) is 13.5. The minimum Gasteiger partial charge on any atom is -0.332 e. The van der Waals surface area contributed by atoms with Crippen LogP contribution >= 0.6 is 15.9 Å². The standard InChI is InChI=1S/C16H20BrN5O/c1-10-11(2)21(8-7-18-10)16(23)15-12(3)22(20-19-15)14-6-4-5-13(17)9-14/h4-6,9-11,18H,7-8H2,1-3H3.